The molecule has 0 fully saturated rings. The maximum absolute atomic E-state index is 9.04. The average Bonchev–Trinajstić information content (AvgIpc) is 2.47. The number of allylic oxidation sites excluding steroid dienone is 1. The topological polar surface area (TPSA) is 45.4 Å². The standard InChI is InChI=1S/C15H14N2O/c1-18-15(12-16)9-7-14(8-10-15)17-11-13-5-3-2-4-6-13/h2-9,11H,10H2,1H3. The summed E-state index contributed by atoms with van der Waals surface area (Å²) >= 11 is 0. The SMILES string of the molecule is COC1(C#N)C=CC(N=Cc2ccccc2)=CC1. The van der Waals surface area contributed by atoms with Crippen LogP contribution in [0.4, 0.5) is 0 Å². The van der Waals surface area contributed by atoms with Gasteiger partial charge in [0.1, 0.15) is 6.07 Å². The van der Waals surface area contributed by atoms with Crippen LogP contribution >= 0.6 is 0 Å². The highest BCUT2D eigenvalue weighted by Crippen LogP contribution is 2.23. The molecule has 0 amide bonds. The van der Waals surface area contributed by atoms with Crippen LogP contribution in [0.5, 0.6) is 0 Å². The Bertz CT molecular complexity index is 537. The van der Waals surface area contributed by atoms with Gasteiger partial charge in [-0.3, -0.25) is 4.99 Å². The Morgan fingerprint density at radius 3 is 2.72 bits per heavy atom. The van der Waals surface area contributed by atoms with Gasteiger partial charge in [-0.2, -0.15) is 5.26 Å². The van der Waals surface area contributed by atoms with E-state index in [1.165, 1.54) is 0 Å². The maximum atomic E-state index is 9.04. The second-order valence-electron chi connectivity index (χ2n) is 4.04. The smallest absolute Gasteiger partial charge is 0.176 e. The molecule has 0 aromatic heterocycles. The molecule has 3 heteroatoms. The first-order valence-electron chi connectivity index (χ1n) is 5.73. The van der Waals surface area contributed by atoms with Crippen molar-refractivity contribution >= 4 is 6.21 Å². The molecular weight excluding hydrogens is 224 g/mol. The van der Waals surface area contributed by atoms with E-state index in [1.807, 2.05) is 48.7 Å². The van der Waals surface area contributed by atoms with E-state index in [9.17, 15) is 0 Å². The summed E-state index contributed by atoms with van der Waals surface area (Å²) in [5, 5.41) is 9.04. The fraction of sp³-hybridized carbons (Fsp3) is 0.200. The molecule has 1 aliphatic carbocycles. The molecular formula is C15H14N2O. The number of nitriles is 1. The predicted octanol–water partition coefficient (Wildman–Crippen LogP) is 2.86. The highest BCUT2D eigenvalue weighted by molar-refractivity contribution is 5.80. The lowest BCUT2D eigenvalue weighted by atomic mass is 9.96. The van der Waals surface area contributed by atoms with Gasteiger partial charge >= 0.3 is 0 Å². The van der Waals surface area contributed by atoms with Crippen LogP contribution in [0.1, 0.15) is 12.0 Å². The Morgan fingerprint density at radius 2 is 2.17 bits per heavy atom. The Hall–Kier alpha value is -2.18. The number of methoxy groups -OCH3 is 1. The van der Waals surface area contributed by atoms with Crippen molar-refractivity contribution in [1.29, 1.82) is 5.26 Å². The second kappa shape index (κ2) is 5.44. The summed E-state index contributed by atoms with van der Waals surface area (Å²) in [4.78, 5) is 4.37. The first kappa shape index (κ1) is 12.3. The third-order valence-electron chi connectivity index (χ3n) is 2.85. The molecule has 0 spiro atoms. The van der Waals surface area contributed by atoms with Crippen LogP contribution in [0.3, 0.4) is 0 Å². The molecule has 18 heavy (non-hydrogen) atoms. The van der Waals surface area contributed by atoms with Crippen molar-refractivity contribution in [3.8, 4) is 6.07 Å². The molecule has 1 unspecified atom stereocenters. The lowest BCUT2D eigenvalue weighted by molar-refractivity contribution is 0.0821. The van der Waals surface area contributed by atoms with Crippen molar-refractivity contribution in [1.82, 2.24) is 0 Å². The molecule has 0 aliphatic heterocycles. The highest BCUT2D eigenvalue weighted by atomic mass is 16.5. The van der Waals surface area contributed by atoms with E-state index in [1.54, 1.807) is 13.2 Å². The minimum atomic E-state index is -0.828. The molecule has 0 saturated heterocycles. The third-order valence-corrected chi connectivity index (χ3v) is 2.85. The summed E-state index contributed by atoms with van der Waals surface area (Å²) in [6.45, 7) is 0. The number of hydrogen-bond donors (Lipinski definition) is 0. The van der Waals surface area contributed by atoms with Gasteiger partial charge in [0.2, 0.25) is 0 Å². The van der Waals surface area contributed by atoms with E-state index >= 15 is 0 Å². The Labute approximate surface area is 107 Å². The van der Waals surface area contributed by atoms with E-state index in [0.29, 0.717) is 6.42 Å². The molecule has 0 radical (unpaired) electrons. The molecule has 0 N–H and O–H groups in total. The minimum absolute atomic E-state index is 0.526. The average molecular weight is 238 g/mol. The number of nitrogens with zero attached hydrogens (tertiary/aromatic N) is 2. The molecule has 90 valence electrons. The van der Waals surface area contributed by atoms with Gasteiger partial charge in [0.05, 0.1) is 5.70 Å². The summed E-state index contributed by atoms with van der Waals surface area (Å²) in [5.74, 6) is 0. The molecule has 2 rings (SSSR count). The van der Waals surface area contributed by atoms with E-state index in [4.69, 9.17) is 10.00 Å². The van der Waals surface area contributed by atoms with Gasteiger partial charge in [-0.15, -0.1) is 0 Å². The summed E-state index contributed by atoms with van der Waals surface area (Å²) in [5.41, 5.74) is 1.07. The van der Waals surface area contributed by atoms with Gasteiger partial charge in [0, 0.05) is 19.7 Å². The van der Waals surface area contributed by atoms with Crippen molar-refractivity contribution < 1.29 is 4.74 Å². The lowest BCUT2D eigenvalue weighted by Crippen LogP contribution is -2.27. The quantitative estimate of drug-likeness (QED) is 0.760. The summed E-state index contributed by atoms with van der Waals surface area (Å²) in [6.07, 6.45) is 7.81. The summed E-state index contributed by atoms with van der Waals surface area (Å²) in [7, 11) is 1.54. The van der Waals surface area contributed by atoms with Gasteiger partial charge in [-0.05, 0) is 17.7 Å². The van der Waals surface area contributed by atoms with Gasteiger partial charge in [0.25, 0.3) is 0 Å². The van der Waals surface area contributed by atoms with Crippen molar-refractivity contribution in [3.05, 3.63) is 59.8 Å². The Kier molecular flexibility index (Phi) is 3.71. The molecule has 1 aliphatic rings. The zero-order valence-corrected chi connectivity index (χ0v) is 10.2. The first-order chi connectivity index (χ1) is 8.78. The van der Waals surface area contributed by atoms with Crippen molar-refractivity contribution in [2.24, 2.45) is 4.99 Å². The molecule has 3 nitrogen and oxygen atoms in total. The van der Waals surface area contributed by atoms with Crippen LogP contribution in [0.15, 0.2) is 59.2 Å². The monoisotopic (exact) mass is 238 g/mol. The zero-order chi connectivity index (χ0) is 12.8. The molecule has 0 heterocycles. The van der Waals surface area contributed by atoms with E-state index in [0.717, 1.165) is 11.3 Å². The van der Waals surface area contributed by atoms with Crippen LogP contribution in [0.2, 0.25) is 0 Å². The Morgan fingerprint density at radius 1 is 1.39 bits per heavy atom. The molecule has 0 bridgehead atoms. The van der Waals surface area contributed by atoms with Crippen LogP contribution in [-0.2, 0) is 4.74 Å². The third kappa shape index (κ3) is 2.73. The van der Waals surface area contributed by atoms with Crippen LogP contribution in [-0.4, -0.2) is 18.9 Å². The highest BCUT2D eigenvalue weighted by Gasteiger charge is 2.27. The first-order valence-corrected chi connectivity index (χ1v) is 5.73. The van der Waals surface area contributed by atoms with Crippen molar-refractivity contribution in [3.63, 3.8) is 0 Å². The van der Waals surface area contributed by atoms with Crippen molar-refractivity contribution in [2.75, 3.05) is 7.11 Å². The van der Waals surface area contributed by atoms with Crippen molar-refractivity contribution in [2.45, 2.75) is 12.0 Å². The van der Waals surface area contributed by atoms with Gasteiger partial charge < -0.3 is 4.74 Å². The normalized spacial score (nSPS) is 22.8. The number of hydrogen-bond acceptors (Lipinski definition) is 3. The largest absolute Gasteiger partial charge is 0.359 e. The second-order valence-corrected chi connectivity index (χ2v) is 4.04. The van der Waals surface area contributed by atoms with E-state index in [-0.39, 0.29) is 0 Å². The summed E-state index contributed by atoms with van der Waals surface area (Å²) in [6, 6.07) is 12.0. The number of benzene rings is 1. The van der Waals surface area contributed by atoms with Gasteiger partial charge in [-0.1, -0.05) is 36.4 Å². The lowest BCUT2D eigenvalue weighted by Gasteiger charge is -2.22. The van der Waals surface area contributed by atoms with E-state index < -0.39 is 5.60 Å². The molecule has 1 aromatic rings. The maximum Gasteiger partial charge on any atom is 0.176 e. The van der Waals surface area contributed by atoms with Crippen LogP contribution < -0.4 is 0 Å². The fourth-order valence-corrected chi connectivity index (χ4v) is 1.68. The summed E-state index contributed by atoms with van der Waals surface area (Å²) < 4.78 is 5.19. The molecule has 0 saturated carbocycles. The molecule has 1 atom stereocenters. The van der Waals surface area contributed by atoms with Gasteiger partial charge in [0.15, 0.2) is 5.60 Å². The Balaban J connectivity index is 2.07. The number of aliphatic imine (C=N–C) groups is 1. The van der Waals surface area contributed by atoms with Crippen LogP contribution in [0.25, 0.3) is 0 Å². The fourth-order valence-electron chi connectivity index (χ4n) is 1.68. The minimum Gasteiger partial charge on any atom is -0.359 e. The number of rotatable bonds is 3. The zero-order valence-electron chi connectivity index (χ0n) is 10.2. The van der Waals surface area contributed by atoms with Gasteiger partial charge in [-0.25, -0.2) is 0 Å². The van der Waals surface area contributed by atoms with E-state index in [2.05, 4.69) is 11.1 Å². The van der Waals surface area contributed by atoms with Crippen LogP contribution in [0, 0.1) is 11.3 Å². The predicted molar refractivity (Wildman–Crippen MR) is 71.2 cm³/mol. The number of ether oxygens (including phenoxy) is 1. The molecule has 1 aromatic carbocycles.